The molecule has 12 aromatic rings. The first kappa shape index (κ1) is 61.9. The highest BCUT2D eigenvalue weighted by atomic mass is 15.1. The number of aromatic nitrogens is 3. The van der Waals surface area contributed by atoms with Gasteiger partial charge in [-0.05, 0) is 224 Å². The van der Waals surface area contributed by atoms with Gasteiger partial charge in [-0.2, -0.15) is 0 Å². The molecule has 92 heavy (non-hydrogen) atoms. The van der Waals surface area contributed by atoms with E-state index in [1.54, 1.807) is 0 Å². The lowest BCUT2D eigenvalue weighted by atomic mass is 9.34. The van der Waals surface area contributed by atoms with E-state index in [0.29, 0.717) is 35.5 Å². The van der Waals surface area contributed by atoms with Crippen LogP contribution in [0.3, 0.4) is 0 Å². The molecular formula is C88H100BN3. The molecule has 0 N–H and O–H groups in total. The van der Waals surface area contributed by atoms with Crippen molar-refractivity contribution in [2.24, 2.45) is 0 Å². The lowest BCUT2D eigenvalue weighted by Crippen LogP contribution is -2.59. The lowest BCUT2D eigenvalue weighted by Gasteiger charge is -2.36. The Morgan fingerprint density at radius 2 is 0.598 bits per heavy atom. The van der Waals surface area contributed by atoms with Crippen LogP contribution in [0.2, 0.25) is 0 Å². The van der Waals surface area contributed by atoms with Crippen LogP contribution in [-0.2, 0) is 21.7 Å². The summed E-state index contributed by atoms with van der Waals surface area (Å²) < 4.78 is 8.08. The van der Waals surface area contributed by atoms with Crippen LogP contribution < -0.4 is 16.4 Å². The molecule has 3 nitrogen and oxygen atoms in total. The Morgan fingerprint density at radius 3 is 0.913 bits per heavy atom. The molecule has 0 saturated heterocycles. The van der Waals surface area contributed by atoms with Gasteiger partial charge >= 0.3 is 0 Å². The average molecular weight is 1210 g/mol. The van der Waals surface area contributed by atoms with E-state index in [9.17, 15) is 0 Å². The summed E-state index contributed by atoms with van der Waals surface area (Å²) in [5.74, 6) is 2.26. The minimum atomic E-state index is -0.0893. The van der Waals surface area contributed by atoms with Crippen LogP contribution in [0.1, 0.15) is 257 Å². The van der Waals surface area contributed by atoms with Crippen LogP contribution in [-0.4, -0.2) is 20.4 Å². The fourth-order valence-electron chi connectivity index (χ4n) is 16.2. The number of rotatable bonds is 9. The monoisotopic (exact) mass is 1210 g/mol. The summed E-state index contributed by atoms with van der Waals surface area (Å²) in [6, 6.07) is 55.6. The average Bonchev–Trinajstić information content (AvgIpc) is 1.43. The summed E-state index contributed by atoms with van der Waals surface area (Å²) in [5, 5.41) is 7.91. The first-order chi connectivity index (χ1) is 43.1. The van der Waals surface area contributed by atoms with Crippen LogP contribution in [0.5, 0.6) is 0 Å². The second kappa shape index (κ2) is 21.0. The molecular weight excluding hydrogens is 1110 g/mol. The van der Waals surface area contributed by atoms with E-state index in [2.05, 4.69) is 313 Å². The van der Waals surface area contributed by atoms with E-state index in [-0.39, 0.29) is 28.4 Å². The Bertz CT molecular complexity index is 4710. The van der Waals surface area contributed by atoms with E-state index in [0.717, 1.165) is 0 Å². The fraction of sp³-hybridized carbons (Fsp3) is 0.386. The van der Waals surface area contributed by atoms with Crippen molar-refractivity contribution in [2.45, 2.75) is 223 Å². The predicted molar refractivity (Wildman–Crippen MR) is 404 cm³/mol. The summed E-state index contributed by atoms with van der Waals surface area (Å²) in [7, 11) is 0. The van der Waals surface area contributed by atoms with Gasteiger partial charge in [0.1, 0.15) is 0 Å². The van der Waals surface area contributed by atoms with E-state index < -0.39 is 0 Å². The first-order valence-corrected chi connectivity index (χ1v) is 35.0. The van der Waals surface area contributed by atoms with E-state index >= 15 is 0 Å². The van der Waals surface area contributed by atoms with Gasteiger partial charge in [-0.25, -0.2) is 0 Å². The highest BCUT2D eigenvalue weighted by Crippen LogP contribution is 2.49. The number of benzene rings is 9. The zero-order valence-corrected chi connectivity index (χ0v) is 60.1. The quantitative estimate of drug-likeness (QED) is 0.128. The van der Waals surface area contributed by atoms with Crippen molar-refractivity contribution in [3.63, 3.8) is 0 Å². The second-order valence-corrected chi connectivity index (χ2v) is 34.3. The van der Waals surface area contributed by atoms with Gasteiger partial charge in [-0.3, -0.25) is 0 Å². The molecule has 3 aromatic heterocycles. The van der Waals surface area contributed by atoms with Crippen molar-refractivity contribution >= 4 is 88.5 Å². The summed E-state index contributed by atoms with van der Waals surface area (Å²) in [4.78, 5) is 0. The number of fused-ring (bicyclic) bond motifs is 13. The topological polar surface area (TPSA) is 14.8 Å². The Labute approximate surface area is 550 Å². The second-order valence-electron chi connectivity index (χ2n) is 34.3. The number of hydrogen-bond donors (Lipinski definition) is 0. The predicted octanol–water partition coefficient (Wildman–Crippen LogP) is 23.4. The van der Waals surface area contributed by atoms with Crippen molar-refractivity contribution in [3.05, 3.63) is 189 Å². The molecule has 5 heterocycles. The smallest absolute Gasteiger partial charge is 0.252 e. The Kier molecular flexibility index (Phi) is 14.1. The molecule has 2 aliphatic heterocycles. The number of hydrogen-bond acceptors (Lipinski definition) is 0. The van der Waals surface area contributed by atoms with Gasteiger partial charge in [0, 0.05) is 54.7 Å². The summed E-state index contributed by atoms with van der Waals surface area (Å²) in [6.45, 7) is 57.1. The van der Waals surface area contributed by atoms with Gasteiger partial charge in [-0.1, -0.05) is 227 Å². The summed E-state index contributed by atoms with van der Waals surface area (Å²) in [6.07, 6.45) is 0. The molecule has 2 aliphatic rings. The summed E-state index contributed by atoms with van der Waals surface area (Å²) >= 11 is 0. The molecule has 0 spiro atoms. The third-order valence-corrected chi connectivity index (χ3v) is 21.6. The molecule has 14 rings (SSSR count). The minimum absolute atomic E-state index is 0.0236. The van der Waals surface area contributed by atoms with E-state index in [1.165, 1.54) is 177 Å². The standard InChI is InChI=1S/C88H100BN3/c1-47(2)55-35-62(49(5)6)80(63(36-55)50(7)8)53-25-29-74-66(33-53)67-34-54(81-64(51(9)10)37-56(48(3)4)38-65(81)52(11)12)26-30-75(67)90(74)61-45-78-82-79(46-61)92-77-32-28-58(86(16,17)18)40-69(77)71-42-60(88(22,23)24)44-73(84(71)92)89(82)72-43-59(87(19,20)21)41-70-68-39-57(85(13,14)15)27-31-76(68)91(78)83(70)72/h25-52H,1-24H3. The Balaban J connectivity index is 1.17. The van der Waals surface area contributed by atoms with Gasteiger partial charge < -0.3 is 13.7 Å². The largest absolute Gasteiger partial charge is 0.310 e. The molecule has 0 bridgehead atoms. The van der Waals surface area contributed by atoms with Crippen LogP contribution in [0.25, 0.3) is 105 Å². The maximum Gasteiger partial charge on any atom is 0.252 e. The van der Waals surface area contributed by atoms with Crippen molar-refractivity contribution in [3.8, 4) is 39.3 Å². The third kappa shape index (κ3) is 9.46. The van der Waals surface area contributed by atoms with Crippen LogP contribution in [0, 0.1) is 0 Å². The molecule has 0 aliphatic carbocycles. The van der Waals surface area contributed by atoms with Gasteiger partial charge in [-0.15, -0.1) is 0 Å². The normalized spacial score (nSPS) is 13.8. The SMILES string of the molecule is CC(C)c1cc(C(C)C)c(-c2ccc3c(c2)c2cc(-c4c(C(C)C)cc(C(C)C)cc4C(C)C)ccc2n3-c2cc3c4c(c2)-n2c5ccc(C(C)(C)C)cc5c5cc(C(C)(C)C)cc(c52)B4c2cc(C(C)(C)C)cc4c5cc(C(C)(C)C)ccc5n-3c24)c(C(C)C)c1. The fourth-order valence-corrected chi connectivity index (χ4v) is 16.2. The van der Waals surface area contributed by atoms with Crippen molar-refractivity contribution in [2.75, 3.05) is 0 Å². The minimum Gasteiger partial charge on any atom is -0.310 e. The van der Waals surface area contributed by atoms with Crippen LogP contribution >= 0.6 is 0 Å². The van der Waals surface area contributed by atoms with Gasteiger partial charge in [0.25, 0.3) is 6.71 Å². The lowest BCUT2D eigenvalue weighted by molar-refractivity contribution is 0.590. The molecule has 470 valence electrons. The van der Waals surface area contributed by atoms with E-state index in [1.807, 2.05) is 0 Å². The van der Waals surface area contributed by atoms with Gasteiger partial charge in [0.05, 0.1) is 27.8 Å². The first-order valence-electron chi connectivity index (χ1n) is 35.0. The highest BCUT2D eigenvalue weighted by molar-refractivity contribution is 7.00. The molecule has 0 fully saturated rings. The van der Waals surface area contributed by atoms with Crippen molar-refractivity contribution in [1.29, 1.82) is 0 Å². The van der Waals surface area contributed by atoms with Gasteiger partial charge in [0.15, 0.2) is 0 Å². The number of nitrogens with zero attached hydrogens (tertiary/aromatic N) is 3. The molecule has 9 aromatic carbocycles. The molecule has 0 saturated carbocycles. The Morgan fingerprint density at radius 1 is 0.293 bits per heavy atom. The van der Waals surface area contributed by atoms with E-state index in [4.69, 9.17) is 0 Å². The molecule has 0 amide bonds. The maximum atomic E-state index is 2.71. The maximum absolute atomic E-state index is 2.71. The zero-order valence-electron chi connectivity index (χ0n) is 60.1. The third-order valence-electron chi connectivity index (χ3n) is 21.6. The molecule has 0 radical (unpaired) electrons. The van der Waals surface area contributed by atoms with Crippen molar-refractivity contribution < 1.29 is 0 Å². The molecule has 4 heteroatoms. The Hall–Kier alpha value is -7.56. The highest BCUT2D eigenvalue weighted by Gasteiger charge is 2.43. The van der Waals surface area contributed by atoms with Gasteiger partial charge in [0.2, 0.25) is 0 Å². The summed E-state index contributed by atoms with van der Waals surface area (Å²) in [5.41, 5.74) is 34.7. The molecule has 0 unspecified atom stereocenters. The molecule has 0 atom stereocenters. The zero-order chi connectivity index (χ0) is 65.8. The van der Waals surface area contributed by atoms with Crippen LogP contribution in [0.4, 0.5) is 0 Å². The van der Waals surface area contributed by atoms with Crippen LogP contribution in [0.15, 0.2) is 133 Å². The van der Waals surface area contributed by atoms with Crippen molar-refractivity contribution in [1.82, 2.24) is 13.7 Å².